The Kier molecular flexibility index (Phi) is 6.44. The number of carbonyl (C=O) groups is 3. The van der Waals surface area contributed by atoms with Gasteiger partial charge in [0.2, 0.25) is 0 Å². The molecule has 0 saturated carbocycles. The fourth-order valence-corrected chi connectivity index (χ4v) is 3.54. The van der Waals surface area contributed by atoms with E-state index in [4.69, 9.17) is 9.47 Å². The van der Waals surface area contributed by atoms with E-state index in [0.717, 1.165) is 22.6 Å². The van der Waals surface area contributed by atoms with Crippen LogP contribution in [0.4, 0.5) is 14.9 Å². The van der Waals surface area contributed by atoms with E-state index in [1.54, 1.807) is 25.4 Å². The number of barbiturate groups is 1. The van der Waals surface area contributed by atoms with Crippen LogP contribution in [-0.2, 0) is 16.1 Å². The summed E-state index contributed by atoms with van der Waals surface area (Å²) < 4.78 is 26.3. The number of nitrogens with zero attached hydrogens (tertiary/aromatic N) is 2. The Morgan fingerprint density at radius 2 is 1.79 bits per heavy atom. The Morgan fingerprint density at radius 1 is 1.03 bits per heavy atom. The Labute approximate surface area is 195 Å². The van der Waals surface area contributed by atoms with E-state index in [1.807, 2.05) is 29.7 Å². The Morgan fingerprint density at radius 3 is 2.53 bits per heavy atom. The molecule has 3 aromatic rings. The van der Waals surface area contributed by atoms with Crippen molar-refractivity contribution in [2.45, 2.75) is 13.5 Å². The summed E-state index contributed by atoms with van der Waals surface area (Å²) in [7, 11) is 1.57. The van der Waals surface area contributed by atoms with Gasteiger partial charge in [0.15, 0.2) is 11.5 Å². The van der Waals surface area contributed by atoms with Gasteiger partial charge in [-0.25, -0.2) is 14.1 Å². The number of urea groups is 1. The molecule has 0 atom stereocenters. The van der Waals surface area contributed by atoms with Crippen molar-refractivity contribution >= 4 is 29.6 Å². The number of aromatic nitrogens is 1. The summed E-state index contributed by atoms with van der Waals surface area (Å²) >= 11 is 0. The van der Waals surface area contributed by atoms with Gasteiger partial charge in [0.05, 0.1) is 19.3 Å². The van der Waals surface area contributed by atoms with Crippen LogP contribution in [0.5, 0.6) is 11.5 Å². The van der Waals surface area contributed by atoms with E-state index in [0.29, 0.717) is 30.3 Å². The fourth-order valence-electron chi connectivity index (χ4n) is 3.54. The highest BCUT2D eigenvalue weighted by Gasteiger charge is 2.37. The lowest BCUT2D eigenvalue weighted by molar-refractivity contribution is -0.122. The molecule has 0 aliphatic carbocycles. The lowest BCUT2D eigenvalue weighted by Gasteiger charge is -2.26. The average Bonchev–Trinajstić information content (AvgIpc) is 3.25. The monoisotopic (exact) mass is 463 g/mol. The van der Waals surface area contributed by atoms with Crippen LogP contribution in [0.3, 0.4) is 0 Å². The first-order valence-corrected chi connectivity index (χ1v) is 10.5. The standard InChI is InChI=1S/C25H22FN3O5/c1-16-5-10-21(22(14-16)33-2)34-13-12-28-11-3-4-19(28)15-20-23(30)27-25(32)29(24(20)31)18-8-6-17(26)7-9-18/h3-11,14-15H,12-13H2,1-2H3,(H,27,30,32)/b20-15-. The van der Waals surface area contributed by atoms with Gasteiger partial charge >= 0.3 is 6.03 Å². The molecule has 9 heteroatoms. The Balaban J connectivity index is 1.52. The van der Waals surface area contributed by atoms with Crippen molar-refractivity contribution in [2.75, 3.05) is 18.6 Å². The molecule has 0 radical (unpaired) electrons. The molecule has 8 nitrogen and oxygen atoms in total. The van der Waals surface area contributed by atoms with E-state index < -0.39 is 23.7 Å². The molecule has 4 amide bonds. The first kappa shape index (κ1) is 22.8. The molecule has 174 valence electrons. The highest BCUT2D eigenvalue weighted by atomic mass is 19.1. The largest absolute Gasteiger partial charge is 0.493 e. The second-order valence-corrected chi connectivity index (χ2v) is 7.56. The third-order valence-corrected chi connectivity index (χ3v) is 5.25. The molecule has 1 N–H and O–H groups in total. The van der Waals surface area contributed by atoms with Crippen LogP contribution < -0.4 is 19.7 Å². The number of hydrogen-bond acceptors (Lipinski definition) is 5. The number of rotatable bonds is 7. The van der Waals surface area contributed by atoms with Gasteiger partial charge in [-0.1, -0.05) is 6.07 Å². The molecule has 1 fully saturated rings. The quantitative estimate of drug-likeness (QED) is 0.426. The molecule has 0 bridgehead atoms. The predicted molar refractivity (Wildman–Crippen MR) is 123 cm³/mol. The fraction of sp³-hybridized carbons (Fsp3) is 0.160. The predicted octanol–water partition coefficient (Wildman–Crippen LogP) is 3.69. The first-order chi connectivity index (χ1) is 16.4. The third kappa shape index (κ3) is 4.68. The number of ether oxygens (including phenoxy) is 2. The Hall–Kier alpha value is -4.40. The minimum atomic E-state index is -0.894. The summed E-state index contributed by atoms with van der Waals surface area (Å²) in [4.78, 5) is 38.5. The van der Waals surface area contributed by atoms with Crippen molar-refractivity contribution < 1.29 is 28.2 Å². The third-order valence-electron chi connectivity index (χ3n) is 5.25. The summed E-state index contributed by atoms with van der Waals surface area (Å²) in [5, 5.41) is 2.15. The molecule has 1 aliphatic heterocycles. The minimum Gasteiger partial charge on any atom is -0.493 e. The first-order valence-electron chi connectivity index (χ1n) is 10.5. The molecule has 0 unspecified atom stereocenters. The van der Waals surface area contributed by atoms with Crippen molar-refractivity contribution in [3.63, 3.8) is 0 Å². The lowest BCUT2D eigenvalue weighted by Crippen LogP contribution is -2.54. The maximum absolute atomic E-state index is 13.3. The maximum Gasteiger partial charge on any atom is 0.335 e. The minimum absolute atomic E-state index is 0.151. The molecule has 1 aliphatic rings. The van der Waals surface area contributed by atoms with Crippen LogP contribution in [0.2, 0.25) is 0 Å². The Bertz CT molecular complexity index is 1280. The van der Waals surface area contributed by atoms with Gasteiger partial charge in [-0.05, 0) is 67.1 Å². The van der Waals surface area contributed by atoms with Gasteiger partial charge in [0.25, 0.3) is 11.8 Å². The zero-order valence-corrected chi connectivity index (χ0v) is 18.6. The van der Waals surface area contributed by atoms with E-state index in [1.165, 1.54) is 18.2 Å². The topological polar surface area (TPSA) is 89.9 Å². The number of anilines is 1. The number of nitrogens with one attached hydrogen (secondary N) is 1. The van der Waals surface area contributed by atoms with Gasteiger partial charge in [0, 0.05) is 11.9 Å². The number of hydrogen-bond donors (Lipinski definition) is 1. The van der Waals surface area contributed by atoms with Crippen LogP contribution >= 0.6 is 0 Å². The molecular weight excluding hydrogens is 441 g/mol. The molecule has 0 spiro atoms. The van der Waals surface area contributed by atoms with Crippen LogP contribution in [0, 0.1) is 12.7 Å². The molecule has 1 saturated heterocycles. The average molecular weight is 463 g/mol. The normalized spacial score (nSPS) is 15.0. The summed E-state index contributed by atoms with van der Waals surface area (Å²) in [6.07, 6.45) is 3.20. The van der Waals surface area contributed by atoms with Gasteiger partial charge in [-0.3, -0.25) is 14.9 Å². The van der Waals surface area contributed by atoms with E-state index in [9.17, 15) is 18.8 Å². The van der Waals surface area contributed by atoms with Crippen molar-refractivity contribution in [2.24, 2.45) is 0 Å². The molecule has 2 heterocycles. The number of halogens is 1. The number of benzene rings is 2. The van der Waals surface area contributed by atoms with Crippen LogP contribution in [0.1, 0.15) is 11.3 Å². The van der Waals surface area contributed by atoms with Crippen molar-refractivity contribution in [3.8, 4) is 11.5 Å². The summed E-state index contributed by atoms with van der Waals surface area (Å²) in [6, 6.07) is 13.1. The zero-order valence-electron chi connectivity index (χ0n) is 18.6. The second kappa shape index (κ2) is 9.62. The molecule has 34 heavy (non-hydrogen) atoms. The van der Waals surface area contributed by atoms with Crippen molar-refractivity contribution in [1.82, 2.24) is 9.88 Å². The van der Waals surface area contributed by atoms with Gasteiger partial charge in [0.1, 0.15) is 18.0 Å². The van der Waals surface area contributed by atoms with Gasteiger partial charge in [-0.15, -0.1) is 0 Å². The van der Waals surface area contributed by atoms with Crippen LogP contribution in [0.25, 0.3) is 6.08 Å². The number of aryl methyl sites for hydroxylation is 1. The lowest BCUT2D eigenvalue weighted by atomic mass is 10.1. The van der Waals surface area contributed by atoms with Crippen molar-refractivity contribution in [3.05, 3.63) is 83.4 Å². The molecule has 2 aromatic carbocycles. The van der Waals surface area contributed by atoms with Crippen molar-refractivity contribution in [1.29, 1.82) is 0 Å². The number of carbonyl (C=O) groups excluding carboxylic acids is 3. The number of imide groups is 2. The maximum atomic E-state index is 13.3. The summed E-state index contributed by atoms with van der Waals surface area (Å²) in [6.45, 7) is 2.70. The number of amides is 4. The zero-order chi connectivity index (χ0) is 24.2. The smallest absolute Gasteiger partial charge is 0.335 e. The van der Waals surface area contributed by atoms with Gasteiger partial charge in [-0.2, -0.15) is 0 Å². The number of methoxy groups -OCH3 is 1. The highest BCUT2D eigenvalue weighted by Crippen LogP contribution is 2.28. The summed E-state index contributed by atoms with van der Waals surface area (Å²) in [5.41, 5.74) is 1.56. The van der Waals surface area contributed by atoms with E-state index in [-0.39, 0.29) is 11.3 Å². The van der Waals surface area contributed by atoms with Crippen LogP contribution in [-0.4, -0.2) is 36.1 Å². The summed E-state index contributed by atoms with van der Waals surface area (Å²) in [5.74, 6) is -0.875. The molecule has 1 aromatic heterocycles. The SMILES string of the molecule is COc1cc(C)ccc1OCCn1cccc1/C=C1/C(=O)NC(=O)N(c2ccc(F)cc2)C1=O. The highest BCUT2D eigenvalue weighted by molar-refractivity contribution is 6.39. The molecular formula is C25H22FN3O5. The molecule has 4 rings (SSSR count). The van der Waals surface area contributed by atoms with Gasteiger partial charge < -0.3 is 14.0 Å². The van der Waals surface area contributed by atoms with Crippen LogP contribution in [0.15, 0.2) is 66.4 Å². The van der Waals surface area contributed by atoms with E-state index in [2.05, 4.69) is 5.32 Å². The van der Waals surface area contributed by atoms with E-state index >= 15 is 0 Å². The second-order valence-electron chi connectivity index (χ2n) is 7.56.